The third-order valence-electron chi connectivity index (χ3n) is 1.76. The predicted molar refractivity (Wildman–Crippen MR) is 47.3 cm³/mol. The lowest BCUT2D eigenvalue weighted by atomic mass is 10.4. The van der Waals surface area contributed by atoms with Gasteiger partial charge >= 0.3 is 0 Å². The monoisotopic (exact) mass is 162 g/mol. The Balaban J connectivity index is 2.80. The highest BCUT2D eigenvalue weighted by Crippen LogP contribution is 2.09. The lowest BCUT2D eigenvalue weighted by Gasteiger charge is -2.03. The average Bonchev–Trinajstić information content (AvgIpc) is 2.50. The molecule has 0 aliphatic rings. The molecule has 1 N–H and O–H groups in total. The topological polar surface area (TPSA) is 42.2 Å². The highest BCUT2D eigenvalue weighted by atomic mass is 15.1. The number of aryl methyl sites for hydroxylation is 1. The number of nitrogens with zero attached hydrogens (tertiary/aromatic N) is 3. The van der Waals surface area contributed by atoms with E-state index >= 15 is 0 Å². The van der Waals surface area contributed by atoms with Gasteiger partial charge in [0.2, 0.25) is 5.78 Å². The Kier molecular flexibility index (Phi) is 1.46. The molecule has 0 radical (unpaired) electrons. The van der Waals surface area contributed by atoms with Crippen LogP contribution in [-0.4, -0.2) is 21.4 Å². The Labute approximate surface area is 70.3 Å². The van der Waals surface area contributed by atoms with Gasteiger partial charge in [0, 0.05) is 31.2 Å². The summed E-state index contributed by atoms with van der Waals surface area (Å²) < 4.78 is 1.91. The Morgan fingerprint density at radius 3 is 3.08 bits per heavy atom. The molecule has 2 aromatic rings. The first-order valence-electron chi connectivity index (χ1n) is 3.80. The number of anilines is 1. The van der Waals surface area contributed by atoms with Gasteiger partial charge in [-0.1, -0.05) is 0 Å². The molecule has 2 rings (SSSR count). The van der Waals surface area contributed by atoms with Crippen LogP contribution < -0.4 is 5.32 Å². The van der Waals surface area contributed by atoms with Crippen LogP contribution >= 0.6 is 0 Å². The summed E-state index contributed by atoms with van der Waals surface area (Å²) >= 11 is 0. The lowest BCUT2D eigenvalue weighted by molar-refractivity contribution is 1.07. The molecule has 0 saturated carbocycles. The first-order valence-corrected chi connectivity index (χ1v) is 3.80. The molecule has 0 unspecified atom stereocenters. The average molecular weight is 162 g/mol. The van der Waals surface area contributed by atoms with E-state index in [0.717, 1.165) is 17.3 Å². The minimum absolute atomic E-state index is 0.736. The maximum absolute atomic E-state index is 4.26. The maximum atomic E-state index is 4.26. The van der Waals surface area contributed by atoms with Gasteiger partial charge in [-0.15, -0.1) is 0 Å². The van der Waals surface area contributed by atoms with Crippen molar-refractivity contribution >= 4 is 11.6 Å². The zero-order valence-electron chi connectivity index (χ0n) is 7.07. The minimum atomic E-state index is 0.736. The first-order chi connectivity index (χ1) is 5.81. The number of rotatable bonds is 1. The van der Waals surface area contributed by atoms with Crippen molar-refractivity contribution in [1.82, 2.24) is 14.4 Å². The number of aromatic nitrogens is 3. The summed E-state index contributed by atoms with van der Waals surface area (Å²) in [5.41, 5.74) is 0.970. The molecule has 0 fully saturated rings. The van der Waals surface area contributed by atoms with Crippen molar-refractivity contribution in [1.29, 1.82) is 0 Å². The van der Waals surface area contributed by atoms with Gasteiger partial charge in [0.1, 0.15) is 5.82 Å². The van der Waals surface area contributed by atoms with Crippen molar-refractivity contribution in [3.8, 4) is 0 Å². The van der Waals surface area contributed by atoms with E-state index in [2.05, 4.69) is 15.3 Å². The van der Waals surface area contributed by atoms with Gasteiger partial charge in [-0.2, -0.15) is 0 Å². The molecule has 0 atom stereocenters. The SMILES string of the molecule is CNc1cc(C)nc2nccn12. The lowest BCUT2D eigenvalue weighted by Crippen LogP contribution is -1.99. The molecule has 0 spiro atoms. The van der Waals surface area contributed by atoms with Crippen molar-refractivity contribution in [3.63, 3.8) is 0 Å². The van der Waals surface area contributed by atoms with Crippen molar-refractivity contribution < 1.29 is 0 Å². The third-order valence-corrected chi connectivity index (χ3v) is 1.76. The van der Waals surface area contributed by atoms with Gasteiger partial charge in [0.05, 0.1) is 0 Å². The van der Waals surface area contributed by atoms with Crippen LogP contribution in [0.15, 0.2) is 18.5 Å². The summed E-state index contributed by atoms with van der Waals surface area (Å²) in [6.07, 6.45) is 3.62. The number of imidazole rings is 1. The summed E-state index contributed by atoms with van der Waals surface area (Å²) in [6.45, 7) is 1.95. The third kappa shape index (κ3) is 0.922. The fourth-order valence-corrected chi connectivity index (χ4v) is 1.22. The van der Waals surface area contributed by atoms with Gasteiger partial charge in [-0.25, -0.2) is 9.97 Å². The predicted octanol–water partition coefficient (Wildman–Crippen LogP) is 1.08. The highest BCUT2D eigenvalue weighted by molar-refractivity contribution is 5.45. The Morgan fingerprint density at radius 2 is 2.33 bits per heavy atom. The molecule has 0 bridgehead atoms. The molecule has 0 aliphatic carbocycles. The fourth-order valence-electron chi connectivity index (χ4n) is 1.22. The van der Waals surface area contributed by atoms with Gasteiger partial charge in [0.15, 0.2) is 0 Å². The molecule has 62 valence electrons. The van der Waals surface area contributed by atoms with Crippen LogP contribution in [0.1, 0.15) is 5.69 Å². The molecular formula is C8H10N4. The minimum Gasteiger partial charge on any atom is -0.374 e. The molecule has 2 heterocycles. The van der Waals surface area contributed by atoms with E-state index in [0.29, 0.717) is 0 Å². The second-order valence-electron chi connectivity index (χ2n) is 2.63. The fraction of sp³-hybridized carbons (Fsp3) is 0.250. The van der Waals surface area contributed by atoms with E-state index in [9.17, 15) is 0 Å². The largest absolute Gasteiger partial charge is 0.374 e. The second-order valence-corrected chi connectivity index (χ2v) is 2.63. The zero-order valence-corrected chi connectivity index (χ0v) is 7.07. The van der Waals surface area contributed by atoms with E-state index in [1.54, 1.807) is 6.20 Å². The molecule has 0 amide bonds. The summed E-state index contributed by atoms with van der Waals surface area (Å²) in [6, 6.07) is 1.98. The smallest absolute Gasteiger partial charge is 0.235 e. The van der Waals surface area contributed by atoms with E-state index in [-0.39, 0.29) is 0 Å². The van der Waals surface area contributed by atoms with E-state index in [1.807, 2.05) is 30.6 Å². The Hall–Kier alpha value is -1.58. The Morgan fingerprint density at radius 1 is 1.50 bits per heavy atom. The highest BCUT2D eigenvalue weighted by Gasteiger charge is 2.00. The first kappa shape index (κ1) is 7.09. The van der Waals surface area contributed by atoms with Crippen LogP contribution in [0.4, 0.5) is 5.82 Å². The van der Waals surface area contributed by atoms with Gasteiger partial charge in [-0.3, -0.25) is 4.40 Å². The van der Waals surface area contributed by atoms with E-state index < -0.39 is 0 Å². The van der Waals surface area contributed by atoms with Gasteiger partial charge in [-0.05, 0) is 6.92 Å². The molecule has 0 saturated heterocycles. The summed E-state index contributed by atoms with van der Waals surface area (Å²) in [4.78, 5) is 8.36. The number of hydrogen-bond donors (Lipinski definition) is 1. The van der Waals surface area contributed by atoms with Crippen LogP contribution in [0.3, 0.4) is 0 Å². The molecule has 2 aromatic heterocycles. The molecule has 12 heavy (non-hydrogen) atoms. The van der Waals surface area contributed by atoms with Crippen LogP contribution in [0.25, 0.3) is 5.78 Å². The summed E-state index contributed by atoms with van der Waals surface area (Å²) in [5, 5.41) is 3.08. The standard InChI is InChI=1S/C8H10N4/c1-6-5-7(9-2)12-4-3-10-8(12)11-6/h3-5,9H,1-2H3. The van der Waals surface area contributed by atoms with Crippen LogP contribution in [0.2, 0.25) is 0 Å². The number of hydrogen-bond acceptors (Lipinski definition) is 3. The Bertz CT molecular complexity index is 404. The second kappa shape index (κ2) is 2.48. The molecule has 4 nitrogen and oxygen atoms in total. The van der Waals surface area contributed by atoms with Crippen molar-refractivity contribution in [3.05, 3.63) is 24.2 Å². The number of nitrogens with one attached hydrogen (secondary N) is 1. The maximum Gasteiger partial charge on any atom is 0.235 e. The van der Waals surface area contributed by atoms with Crippen LogP contribution in [0, 0.1) is 6.92 Å². The molecular weight excluding hydrogens is 152 g/mol. The quantitative estimate of drug-likeness (QED) is 0.682. The van der Waals surface area contributed by atoms with Crippen LogP contribution in [0.5, 0.6) is 0 Å². The van der Waals surface area contributed by atoms with Crippen molar-refractivity contribution in [2.45, 2.75) is 6.92 Å². The normalized spacial score (nSPS) is 10.5. The zero-order chi connectivity index (χ0) is 8.55. The molecule has 0 aromatic carbocycles. The number of fused-ring (bicyclic) bond motifs is 1. The van der Waals surface area contributed by atoms with E-state index in [4.69, 9.17) is 0 Å². The molecule has 0 aliphatic heterocycles. The van der Waals surface area contributed by atoms with Crippen molar-refractivity contribution in [2.75, 3.05) is 12.4 Å². The van der Waals surface area contributed by atoms with E-state index in [1.165, 1.54) is 0 Å². The molecule has 4 heteroatoms. The van der Waals surface area contributed by atoms with Gasteiger partial charge in [0.25, 0.3) is 0 Å². The van der Waals surface area contributed by atoms with Crippen LogP contribution in [-0.2, 0) is 0 Å². The van der Waals surface area contributed by atoms with Gasteiger partial charge < -0.3 is 5.32 Å². The summed E-state index contributed by atoms with van der Waals surface area (Å²) in [7, 11) is 1.88. The summed E-state index contributed by atoms with van der Waals surface area (Å²) in [5.74, 6) is 1.74. The van der Waals surface area contributed by atoms with Crippen molar-refractivity contribution in [2.24, 2.45) is 0 Å².